The van der Waals surface area contributed by atoms with Crippen LogP contribution in [0.2, 0.25) is 0 Å². The predicted octanol–water partition coefficient (Wildman–Crippen LogP) is 1.28. The molecule has 1 aliphatic heterocycles. The summed E-state index contributed by atoms with van der Waals surface area (Å²) < 4.78 is 0. The van der Waals surface area contributed by atoms with Crippen molar-refractivity contribution in [1.82, 2.24) is 25.3 Å². The van der Waals surface area contributed by atoms with Crippen molar-refractivity contribution in [3.05, 3.63) is 58.3 Å². The molecule has 7 nitrogen and oxygen atoms in total. The lowest BCUT2D eigenvalue weighted by atomic mass is 10.1. The summed E-state index contributed by atoms with van der Waals surface area (Å²) in [4.78, 5) is 26.4. The Hall–Kier alpha value is -2.96. The molecule has 1 amide bonds. The van der Waals surface area contributed by atoms with Crippen LogP contribution in [-0.4, -0.2) is 44.3 Å². The molecule has 3 heterocycles. The summed E-state index contributed by atoms with van der Waals surface area (Å²) in [6.07, 6.45) is 2.60. The van der Waals surface area contributed by atoms with Crippen molar-refractivity contribution in [3.8, 4) is 0 Å². The minimum atomic E-state index is -0.283. The van der Waals surface area contributed by atoms with Crippen LogP contribution in [0.5, 0.6) is 0 Å². The summed E-state index contributed by atoms with van der Waals surface area (Å²) in [6, 6.07) is 8.97. The van der Waals surface area contributed by atoms with Gasteiger partial charge in [0, 0.05) is 36.3 Å². The van der Waals surface area contributed by atoms with E-state index in [1.807, 2.05) is 6.07 Å². The molecule has 0 radical (unpaired) electrons. The van der Waals surface area contributed by atoms with Crippen molar-refractivity contribution >= 4 is 16.7 Å². The van der Waals surface area contributed by atoms with Gasteiger partial charge in [0.15, 0.2) is 5.69 Å². The molecule has 23 heavy (non-hydrogen) atoms. The van der Waals surface area contributed by atoms with Crippen LogP contribution >= 0.6 is 0 Å². The molecule has 1 fully saturated rings. The number of likely N-dealkylation sites (tertiary alicyclic amines) is 1. The molecule has 0 aliphatic carbocycles. The number of H-pyrrole nitrogens is 2. The van der Waals surface area contributed by atoms with E-state index < -0.39 is 0 Å². The second-order valence-electron chi connectivity index (χ2n) is 5.70. The SMILES string of the molecule is O=C(c1n[nH]c(=O)c2ccccc12)N1CC[C@H](c2ccn[nH]2)C1. The molecule has 7 heteroatoms. The summed E-state index contributed by atoms with van der Waals surface area (Å²) in [7, 11) is 0. The van der Waals surface area contributed by atoms with Crippen LogP contribution in [0, 0.1) is 0 Å². The van der Waals surface area contributed by atoms with Gasteiger partial charge in [-0.1, -0.05) is 18.2 Å². The van der Waals surface area contributed by atoms with Crippen LogP contribution in [0.1, 0.15) is 28.5 Å². The fourth-order valence-corrected chi connectivity index (χ4v) is 3.12. The minimum absolute atomic E-state index is 0.153. The summed E-state index contributed by atoms with van der Waals surface area (Å²) in [6.45, 7) is 1.29. The molecule has 2 N–H and O–H groups in total. The van der Waals surface area contributed by atoms with E-state index in [4.69, 9.17) is 0 Å². The van der Waals surface area contributed by atoms with E-state index in [0.717, 1.165) is 12.1 Å². The number of hydrogen-bond acceptors (Lipinski definition) is 4. The third-order valence-electron chi connectivity index (χ3n) is 4.34. The van der Waals surface area contributed by atoms with E-state index in [1.165, 1.54) is 0 Å². The molecule has 2 aromatic heterocycles. The lowest BCUT2D eigenvalue weighted by Crippen LogP contribution is -2.30. The monoisotopic (exact) mass is 309 g/mol. The zero-order chi connectivity index (χ0) is 15.8. The Labute approximate surface area is 131 Å². The first-order valence-corrected chi connectivity index (χ1v) is 7.50. The van der Waals surface area contributed by atoms with Gasteiger partial charge in [-0.05, 0) is 18.6 Å². The lowest BCUT2D eigenvalue weighted by molar-refractivity contribution is 0.0786. The van der Waals surface area contributed by atoms with E-state index in [0.29, 0.717) is 29.6 Å². The van der Waals surface area contributed by atoms with Crippen molar-refractivity contribution < 1.29 is 4.79 Å². The fourth-order valence-electron chi connectivity index (χ4n) is 3.12. The maximum atomic E-state index is 12.8. The van der Waals surface area contributed by atoms with Gasteiger partial charge in [-0.15, -0.1) is 0 Å². The first-order valence-electron chi connectivity index (χ1n) is 7.50. The summed E-state index contributed by atoms with van der Waals surface area (Å²) in [5, 5.41) is 14.4. The number of carbonyl (C=O) groups excluding carboxylic acids is 1. The van der Waals surface area contributed by atoms with Gasteiger partial charge in [0.25, 0.3) is 11.5 Å². The largest absolute Gasteiger partial charge is 0.337 e. The molecule has 0 unspecified atom stereocenters. The summed E-state index contributed by atoms with van der Waals surface area (Å²) in [5.74, 6) is 0.106. The number of nitrogens with one attached hydrogen (secondary N) is 2. The van der Waals surface area contributed by atoms with Crippen molar-refractivity contribution in [3.63, 3.8) is 0 Å². The molecule has 0 saturated carbocycles. The van der Waals surface area contributed by atoms with Crippen LogP contribution < -0.4 is 5.56 Å². The Morgan fingerprint density at radius 2 is 2.00 bits per heavy atom. The number of fused-ring (bicyclic) bond motifs is 1. The standard InChI is InChI=1S/C16H15N5O2/c22-15-12-4-2-1-3-11(12)14(19-20-15)16(23)21-8-6-10(9-21)13-5-7-17-18-13/h1-5,7,10H,6,8-9H2,(H,17,18)(H,20,22)/t10-/m0/s1. The highest BCUT2D eigenvalue weighted by atomic mass is 16.2. The number of amides is 1. The first kappa shape index (κ1) is 13.7. The molecule has 1 saturated heterocycles. The highest BCUT2D eigenvalue weighted by Crippen LogP contribution is 2.27. The van der Waals surface area contributed by atoms with Gasteiger partial charge >= 0.3 is 0 Å². The molecule has 1 aliphatic rings. The van der Waals surface area contributed by atoms with Crippen molar-refractivity contribution in [1.29, 1.82) is 0 Å². The Morgan fingerprint density at radius 3 is 2.78 bits per heavy atom. The molecule has 1 atom stereocenters. The van der Waals surface area contributed by atoms with Crippen LogP contribution in [0.15, 0.2) is 41.3 Å². The second-order valence-corrected chi connectivity index (χ2v) is 5.70. The lowest BCUT2D eigenvalue weighted by Gasteiger charge is -2.16. The number of hydrogen-bond donors (Lipinski definition) is 2. The number of aromatic amines is 2. The minimum Gasteiger partial charge on any atom is -0.337 e. The molecule has 1 aromatic carbocycles. The van der Waals surface area contributed by atoms with Crippen LogP contribution in [0.4, 0.5) is 0 Å². The number of carbonyl (C=O) groups is 1. The van der Waals surface area contributed by atoms with Gasteiger partial charge in [-0.2, -0.15) is 10.2 Å². The maximum Gasteiger partial charge on any atom is 0.274 e. The third-order valence-corrected chi connectivity index (χ3v) is 4.34. The van der Waals surface area contributed by atoms with E-state index in [-0.39, 0.29) is 17.4 Å². The number of benzene rings is 1. The topological polar surface area (TPSA) is 94.7 Å². The van der Waals surface area contributed by atoms with E-state index >= 15 is 0 Å². The predicted molar refractivity (Wildman–Crippen MR) is 84.2 cm³/mol. The van der Waals surface area contributed by atoms with Gasteiger partial charge in [-0.25, -0.2) is 5.10 Å². The van der Waals surface area contributed by atoms with Crippen LogP contribution in [-0.2, 0) is 0 Å². The average Bonchev–Trinajstić information content (AvgIpc) is 3.26. The van der Waals surface area contributed by atoms with Crippen LogP contribution in [0.25, 0.3) is 10.8 Å². The molecule has 0 spiro atoms. The zero-order valence-electron chi connectivity index (χ0n) is 12.3. The Balaban J connectivity index is 1.66. The van der Waals surface area contributed by atoms with Crippen LogP contribution in [0.3, 0.4) is 0 Å². The number of aromatic nitrogens is 4. The Bertz CT molecular complexity index is 916. The average molecular weight is 309 g/mol. The number of nitrogens with zero attached hydrogens (tertiary/aromatic N) is 3. The van der Waals surface area contributed by atoms with E-state index in [1.54, 1.807) is 35.4 Å². The highest BCUT2D eigenvalue weighted by molar-refractivity contribution is 6.04. The van der Waals surface area contributed by atoms with E-state index in [2.05, 4.69) is 20.4 Å². The quantitative estimate of drug-likeness (QED) is 0.745. The van der Waals surface area contributed by atoms with Crippen molar-refractivity contribution in [2.45, 2.75) is 12.3 Å². The Kier molecular flexibility index (Phi) is 3.18. The first-order chi connectivity index (χ1) is 11.2. The molecule has 116 valence electrons. The molecule has 4 rings (SSSR count). The second kappa shape index (κ2) is 5.35. The van der Waals surface area contributed by atoms with Gasteiger partial charge in [0.05, 0.1) is 5.39 Å². The van der Waals surface area contributed by atoms with Crippen molar-refractivity contribution in [2.75, 3.05) is 13.1 Å². The maximum absolute atomic E-state index is 12.8. The molecule has 3 aromatic rings. The summed E-state index contributed by atoms with van der Waals surface area (Å²) in [5.41, 5.74) is 1.05. The van der Waals surface area contributed by atoms with Gasteiger partial charge < -0.3 is 4.90 Å². The normalized spacial score (nSPS) is 17.7. The molecular formula is C16H15N5O2. The van der Waals surface area contributed by atoms with Gasteiger partial charge in [-0.3, -0.25) is 14.7 Å². The number of rotatable bonds is 2. The van der Waals surface area contributed by atoms with Crippen molar-refractivity contribution in [2.24, 2.45) is 0 Å². The zero-order valence-corrected chi connectivity index (χ0v) is 12.3. The highest BCUT2D eigenvalue weighted by Gasteiger charge is 2.30. The van der Waals surface area contributed by atoms with Gasteiger partial charge in [0.2, 0.25) is 0 Å². The molecular weight excluding hydrogens is 294 g/mol. The van der Waals surface area contributed by atoms with Gasteiger partial charge in [0.1, 0.15) is 0 Å². The fraction of sp³-hybridized carbons (Fsp3) is 0.250. The summed E-state index contributed by atoms with van der Waals surface area (Å²) >= 11 is 0. The smallest absolute Gasteiger partial charge is 0.274 e. The van der Waals surface area contributed by atoms with E-state index in [9.17, 15) is 9.59 Å². The third kappa shape index (κ3) is 2.30. The molecule has 0 bridgehead atoms. The Morgan fingerprint density at radius 1 is 1.17 bits per heavy atom.